The number of carbonyl (C=O) groups is 1. The summed E-state index contributed by atoms with van der Waals surface area (Å²) in [6, 6.07) is 18.1. The first kappa shape index (κ1) is 16.4. The standard InChI is InChI=1S/C21H21N3O2/c25-21(19-14-17-8-4-5-9-18(17)26-19)23-11-10-20-22-12-13-24(20)15-16-6-2-1-3-7-16/h1-9,12-13,19H,10-11,14-15H2,(H,23,25). The summed E-state index contributed by atoms with van der Waals surface area (Å²) < 4.78 is 7.84. The van der Waals surface area contributed by atoms with Gasteiger partial charge in [-0.2, -0.15) is 0 Å². The molecule has 1 aliphatic heterocycles. The second-order valence-electron chi connectivity index (χ2n) is 6.42. The van der Waals surface area contributed by atoms with Crippen molar-refractivity contribution in [2.75, 3.05) is 6.54 Å². The van der Waals surface area contributed by atoms with Gasteiger partial charge < -0.3 is 14.6 Å². The highest BCUT2D eigenvalue weighted by molar-refractivity contribution is 5.82. The molecular weight excluding hydrogens is 326 g/mol. The third-order valence-electron chi connectivity index (χ3n) is 4.58. The lowest BCUT2D eigenvalue weighted by Gasteiger charge is -2.12. The number of hydrogen-bond donors (Lipinski definition) is 1. The molecule has 1 amide bonds. The largest absolute Gasteiger partial charge is 0.480 e. The topological polar surface area (TPSA) is 56.2 Å². The van der Waals surface area contributed by atoms with Crippen LogP contribution in [0.1, 0.15) is 17.0 Å². The van der Waals surface area contributed by atoms with Crippen molar-refractivity contribution in [1.82, 2.24) is 14.9 Å². The number of hydrogen-bond acceptors (Lipinski definition) is 3. The quantitative estimate of drug-likeness (QED) is 0.746. The molecule has 1 atom stereocenters. The van der Waals surface area contributed by atoms with Gasteiger partial charge in [0.15, 0.2) is 6.10 Å². The van der Waals surface area contributed by atoms with Crippen LogP contribution in [0.5, 0.6) is 5.75 Å². The molecule has 0 fully saturated rings. The maximum absolute atomic E-state index is 12.4. The van der Waals surface area contributed by atoms with Crippen molar-refractivity contribution >= 4 is 5.91 Å². The molecule has 1 N–H and O–H groups in total. The average Bonchev–Trinajstić information content (AvgIpc) is 3.29. The summed E-state index contributed by atoms with van der Waals surface area (Å²) in [5.41, 5.74) is 2.32. The zero-order valence-electron chi connectivity index (χ0n) is 14.5. The van der Waals surface area contributed by atoms with Gasteiger partial charge >= 0.3 is 0 Å². The first-order valence-corrected chi connectivity index (χ1v) is 8.86. The van der Waals surface area contributed by atoms with E-state index in [1.165, 1.54) is 5.56 Å². The Bertz CT molecular complexity index is 864. The second kappa shape index (κ2) is 7.44. The first-order valence-electron chi connectivity index (χ1n) is 8.86. The molecule has 5 nitrogen and oxygen atoms in total. The van der Waals surface area contributed by atoms with Gasteiger partial charge in [0.2, 0.25) is 0 Å². The van der Waals surface area contributed by atoms with Gasteiger partial charge in [0.05, 0.1) is 0 Å². The van der Waals surface area contributed by atoms with E-state index in [2.05, 4.69) is 27.0 Å². The predicted molar refractivity (Wildman–Crippen MR) is 99.0 cm³/mol. The number of imidazole rings is 1. The van der Waals surface area contributed by atoms with E-state index in [4.69, 9.17) is 4.74 Å². The normalized spacial score (nSPS) is 15.3. The number of ether oxygens (including phenoxy) is 1. The first-order chi connectivity index (χ1) is 12.8. The van der Waals surface area contributed by atoms with Crippen LogP contribution in [0, 0.1) is 0 Å². The van der Waals surface area contributed by atoms with E-state index in [-0.39, 0.29) is 5.91 Å². The van der Waals surface area contributed by atoms with E-state index in [0.29, 0.717) is 19.4 Å². The minimum Gasteiger partial charge on any atom is -0.480 e. The molecule has 0 saturated heterocycles. The van der Waals surface area contributed by atoms with E-state index < -0.39 is 6.10 Å². The number of benzene rings is 2. The van der Waals surface area contributed by atoms with Gasteiger partial charge in [0.25, 0.3) is 5.91 Å². The van der Waals surface area contributed by atoms with Crippen molar-refractivity contribution in [3.05, 3.63) is 83.9 Å². The van der Waals surface area contributed by atoms with Crippen LogP contribution in [0.3, 0.4) is 0 Å². The monoisotopic (exact) mass is 347 g/mol. The molecule has 1 unspecified atom stereocenters. The summed E-state index contributed by atoms with van der Waals surface area (Å²) in [5.74, 6) is 1.71. The molecule has 0 saturated carbocycles. The third-order valence-corrected chi connectivity index (χ3v) is 4.58. The molecule has 3 aromatic rings. The van der Waals surface area contributed by atoms with Gasteiger partial charge in [-0.15, -0.1) is 0 Å². The zero-order valence-corrected chi connectivity index (χ0v) is 14.5. The molecule has 0 bridgehead atoms. The fourth-order valence-electron chi connectivity index (χ4n) is 3.23. The maximum atomic E-state index is 12.4. The number of para-hydroxylation sites is 1. The Labute approximate surface area is 152 Å². The van der Waals surface area contributed by atoms with Crippen LogP contribution in [0.2, 0.25) is 0 Å². The van der Waals surface area contributed by atoms with Crippen molar-refractivity contribution in [2.45, 2.75) is 25.5 Å². The van der Waals surface area contributed by atoms with E-state index in [1.807, 2.05) is 48.7 Å². The molecule has 0 spiro atoms. The Hall–Kier alpha value is -3.08. The number of amides is 1. The zero-order chi connectivity index (χ0) is 17.8. The highest BCUT2D eigenvalue weighted by Crippen LogP contribution is 2.28. The molecule has 2 aromatic carbocycles. The molecule has 26 heavy (non-hydrogen) atoms. The molecule has 0 aliphatic carbocycles. The summed E-state index contributed by atoms with van der Waals surface area (Å²) >= 11 is 0. The third kappa shape index (κ3) is 3.61. The molecular formula is C21H21N3O2. The van der Waals surface area contributed by atoms with Crippen LogP contribution < -0.4 is 10.1 Å². The summed E-state index contributed by atoms with van der Waals surface area (Å²) in [6.45, 7) is 1.33. The van der Waals surface area contributed by atoms with Crippen molar-refractivity contribution in [1.29, 1.82) is 0 Å². The van der Waals surface area contributed by atoms with E-state index in [1.54, 1.807) is 6.20 Å². The molecule has 0 radical (unpaired) electrons. The van der Waals surface area contributed by atoms with Gasteiger partial charge in [-0.1, -0.05) is 48.5 Å². The van der Waals surface area contributed by atoms with Crippen LogP contribution in [-0.4, -0.2) is 28.1 Å². The van der Waals surface area contributed by atoms with Crippen molar-refractivity contribution < 1.29 is 9.53 Å². The molecule has 132 valence electrons. The van der Waals surface area contributed by atoms with Gasteiger partial charge in [-0.25, -0.2) is 4.98 Å². The number of fused-ring (bicyclic) bond motifs is 1. The molecule has 5 heteroatoms. The van der Waals surface area contributed by atoms with Crippen molar-refractivity contribution in [3.63, 3.8) is 0 Å². The van der Waals surface area contributed by atoms with Crippen LogP contribution in [0.15, 0.2) is 67.0 Å². The number of nitrogens with one attached hydrogen (secondary N) is 1. The highest BCUT2D eigenvalue weighted by atomic mass is 16.5. The predicted octanol–water partition coefficient (Wildman–Crippen LogP) is 2.59. The lowest BCUT2D eigenvalue weighted by atomic mass is 10.1. The van der Waals surface area contributed by atoms with Gasteiger partial charge in [-0.05, 0) is 17.2 Å². The number of rotatable bonds is 6. The Balaban J connectivity index is 1.29. The Morgan fingerprint density at radius 1 is 1.15 bits per heavy atom. The second-order valence-corrected chi connectivity index (χ2v) is 6.42. The lowest BCUT2D eigenvalue weighted by Crippen LogP contribution is -2.38. The molecule has 1 aromatic heterocycles. The highest BCUT2D eigenvalue weighted by Gasteiger charge is 2.28. The minimum absolute atomic E-state index is 0.0673. The van der Waals surface area contributed by atoms with Crippen LogP contribution in [0.25, 0.3) is 0 Å². The summed E-state index contributed by atoms with van der Waals surface area (Å²) in [7, 11) is 0. The minimum atomic E-state index is -0.434. The number of carbonyl (C=O) groups excluding carboxylic acids is 1. The summed E-state index contributed by atoms with van der Waals surface area (Å²) in [5, 5.41) is 2.97. The fraction of sp³-hybridized carbons (Fsp3) is 0.238. The van der Waals surface area contributed by atoms with Crippen LogP contribution >= 0.6 is 0 Å². The van der Waals surface area contributed by atoms with E-state index >= 15 is 0 Å². The molecule has 4 rings (SSSR count). The van der Waals surface area contributed by atoms with E-state index in [9.17, 15) is 4.79 Å². The lowest BCUT2D eigenvalue weighted by molar-refractivity contribution is -0.127. The SMILES string of the molecule is O=C(NCCc1nccn1Cc1ccccc1)C1Cc2ccccc2O1. The van der Waals surface area contributed by atoms with Crippen molar-refractivity contribution in [3.8, 4) is 5.75 Å². The van der Waals surface area contributed by atoms with Gasteiger partial charge in [0.1, 0.15) is 11.6 Å². The Morgan fingerprint density at radius 2 is 1.96 bits per heavy atom. The summed E-state index contributed by atoms with van der Waals surface area (Å²) in [6.07, 6.45) is 4.66. The number of nitrogens with zero attached hydrogens (tertiary/aromatic N) is 2. The van der Waals surface area contributed by atoms with Gasteiger partial charge in [0, 0.05) is 38.3 Å². The smallest absolute Gasteiger partial charge is 0.261 e. The molecule has 2 heterocycles. The van der Waals surface area contributed by atoms with Crippen molar-refractivity contribution in [2.24, 2.45) is 0 Å². The number of aromatic nitrogens is 2. The Morgan fingerprint density at radius 3 is 2.81 bits per heavy atom. The molecule has 1 aliphatic rings. The summed E-state index contributed by atoms with van der Waals surface area (Å²) in [4.78, 5) is 16.8. The van der Waals surface area contributed by atoms with Crippen LogP contribution in [-0.2, 0) is 24.2 Å². The average molecular weight is 347 g/mol. The van der Waals surface area contributed by atoms with Gasteiger partial charge in [-0.3, -0.25) is 4.79 Å². The van der Waals surface area contributed by atoms with E-state index in [0.717, 1.165) is 23.7 Å². The van der Waals surface area contributed by atoms with Crippen LogP contribution in [0.4, 0.5) is 0 Å². The maximum Gasteiger partial charge on any atom is 0.261 e. The Kier molecular flexibility index (Phi) is 4.69. The fourth-order valence-corrected chi connectivity index (χ4v) is 3.23.